The van der Waals surface area contributed by atoms with Gasteiger partial charge >= 0.3 is 33.6 Å². The zero-order valence-corrected chi connectivity index (χ0v) is 68.0. The molecule has 0 aliphatic carbocycles. The Morgan fingerprint density at radius 1 is 0.262 bits per heavy atom. The maximum atomic E-state index is 13.0. The van der Waals surface area contributed by atoms with Crippen LogP contribution in [-0.4, -0.2) is 95.9 Å². The van der Waals surface area contributed by atoms with Gasteiger partial charge < -0.3 is 34.2 Å². The average molecular weight is 1530 g/mol. The normalized spacial score (nSPS) is 14.9. The van der Waals surface area contributed by atoms with Gasteiger partial charge in [0, 0.05) is 19.3 Å². The van der Waals surface area contributed by atoms with Gasteiger partial charge in [-0.05, 0) is 161 Å². The summed E-state index contributed by atoms with van der Waals surface area (Å²) in [6.07, 6.45) is 105. The van der Waals surface area contributed by atoms with Gasteiger partial charge in [0.1, 0.15) is 25.4 Å². The van der Waals surface area contributed by atoms with E-state index in [0.717, 1.165) is 180 Å². The summed E-state index contributed by atoms with van der Waals surface area (Å²) in [4.78, 5) is 58.7. The van der Waals surface area contributed by atoms with Crippen molar-refractivity contribution in [3.8, 4) is 0 Å². The predicted octanol–water partition coefficient (Wildman–Crippen LogP) is 24.3. The maximum absolute atomic E-state index is 13.0. The van der Waals surface area contributed by atoms with Crippen molar-refractivity contribution in [3.63, 3.8) is 0 Å². The van der Waals surface area contributed by atoms with Gasteiger partial charge in [-0.25, -0.2) is 9.13 Å². The van der Waals surface area contributed by atoms with Crippen molar-refractivity contribution in [2.45, 2.75) is 309 Å². The highest BCUT2D eigenvalue weighted by Gasteiger charge is 2.29. The molecular weight excluding hydrogens is 1390 g/mol. The molecule has 0 saturated heterocycles. The number of unbranched alkanes of at least 4 members (excludes halogenated alkanes) is 20. The molecule has 606 valence electrons. The van der Waals surface area contributed by atoms with Crippen molar-refractivity contribution in [2.24, 2.45) is 0 Å². The molecule has 0 aromatic rings. The lowest BCUT2D eigenvalue weighted by molar-refractivity contribution is -0.161. The third-order valence-electron chi connectivity index (χ3n) is 16.3. The van der Waals surface area contributed by atoms with Crippen LogP contribution in [0.15, 0.2) is 194 Å². The number of hydrogen-bond acceptors (Lipinski definition) is 14. The first-order valence-electron chi connectivity index (χ1n) is 40.7. The van der Waals surface area contributed by atoms with Crippen LogP contribution in [0.4, 0.5) is 0 Å². The Labute approximate surface area is 648 Å². The monoisotopic (exact) mass is 1530 g/mol. The summed E-state index contributed by atoms with van der Waals surface area (Å²) >= 11 is 0. The molecule has 0 saturated carbocycles. The topological polar surface area (TPSA) is 231 Å². The minimum Gasteiger partial charge on any atom is -0.463 e. The SMILES string of the molecule is CC/C=C\C/C=C\C/C=C\C/C=C\C/C=C\C/C=C\CCCCCCCCCCCCCCC(=O)OCC(O)COP(=O)(O)OCC(O)COP(=O)(O)OCC(COC(=O)CCCC/C=C\C/C=C\C/C=C\C/C=C\C/C=C\C/C=C\CC)OC(=O)CCCCCCCC/C=C\C/C=C\C/C=C\C/C=C\CC. The molecule has 0 spiro atoms. The van der Waals surface area contributed by atoms with Crippen molar-refractivity contribution < 1.29 is 75.8 Å². The molecule has 0 aromatic carbocycles. The summed E-state index contributed by atoms with van der Waals surface area (Å²) < 4.78 is 61.2. The second-order valence-corrected chi connectivity index (χ2v) is 29.3. The predicted molar refractivity (Wildman–Crippen MR) is 444 cm³/mol. The molecule has 0 aliphatic heterocycles. The fourth-order valence-electron chi connectivity index (χ4n) is 10.2. The maximum Gasteiger partial charge on any atom is 0.472 e. The van der Waals surface area contributed by atoms with Crippen LogP contribution in [0.1, 0.15) is 290 Å². The fraction of sp³-hybridized carbons (Fsp3) is 0.607. The van der Waals surface area contributed by atoms with Gasteiger partial charge in [0.05, 0.1) is 26.4 Å². The van der Waals surface area contributed by atoms with Crippen LogP contribution in [0.3, 0.4) is 0 Å². The van der Waals surface area contributed by atoms with Crippen molar-refractivity contribution >= 4 is 33.6 Å². The first-order valence-corrected chi connectivity index (χ1v) is 43.7. The van der Waals surface area contributed by atoms with Crippen LogP contribution in [-0.2, 0) is 55.8 Å². The lowest BCUT2D eigenvalue weighted by Gasteiger charge is -2.21. The van der Waals surface area contributed by atoms with E-state index in [1.165, 1.54) is 51.4 Å². The number of carbonyl (C=O) groups excluding carboxylic acids is 3. The molecule has 0 amide bonds. The average Bonchev–Trinajstić information content (AvgIpc) is 0.906. The summed E-state index contributed by atoms with van der Waals surface area (Å²) in [5.74, 6) is -1.65. The van der Waals surface area contributed by atoms with E-state index in [1.54, 1.807) is 0 Å². The number of esters is 3. The zero-order chi connectivity index (χ0) is 78.0. The number of hydrogen-bond donors (Lipinski definition) is 4. The number of aliphatic hydroxyl groups excluding tert-OH is 2. The summed E-state index contributed by atoms with van der Waals surface area (Å²) in [6.45, 7) is 2.26. The second kappa shape index (κ2) is 79.9. The molecule has 5 atom stereocenters. The van der Waals surface area contributed by atoms with Gasteiger partial charge in [0.2, 0.25) is 0 Å². The molecule has 0 bridgehead atoms. The van der Waals surface area contributed by atoms with E-state index in [1.807, 2.05) is 0 Å². The summed E-state index contributed by atoms with van der Waals surface area (Å²) in [5.41, 5.74) is 0. The molecule has 0 radical (unpaired) electrons. The Bertz CT molecular complexity index is 2720. The summed E-state index contributed by atoms with van der Waals surface area (Å²) in [6, 6.07) is 0. The molecule has 107 heavy (non-hydrogen) atoms. The Morgan fingerprint density at radius 3 is 0.757 bits per heavy atom. The minimum atomic E-state index is -4.96. The van der Waals surface area contributed by atoms with E-state index in [4.69, 9.17) is 32.3 Å². The number of ether oxygens (including phenoxy) is 3. The summed E-state index contributed by atoms with van der Waals surface area (Å²) in [5, 5.41) is 20.7. The van der Waals surface area contributed by atoms with Gasteiger partial charge in [0.25, 0.3) is 0 Å². The Morgan fingerprint density at radius 2 is 0.467 bits per heavy atom. The highest BCUT2D eigenvalue weighted by Crippen LogP contribution is 2.45. The fourth-order valence-corrected chi connectivity index (χ4v) is 11.8. The Hall–Kier alpha value is -5.61. The van der Waals surface area contributed by atoms with E-state index < -0.39 is 91.5 Å². The van der Waals surface area contributed by atoms with Crippen LogP contribution >= 0.6 is 15.6 Å². The first-order chi connectivity index (χ1) is 52.2. The molecule has 0 rings (SSSR count). The zero-order valence-electron chi connectivity index (χ0n) is 66.2. The smallest absolute Gasteiger partial charge is 0.463 e. The number of phosphoric ester groups is 2. The van der Waals surface area contributed by atoms with Crippen molar-refractivity contribution in [2.75, 3.05) is 39.6 Å². The van der Waals surface area contributed by atoms with Crippen molar-refractivity contribution in [1.82, 2.24) is 0 Å². The standard InChI is InChI=1S/C89H144O16P2/c1-4-7-10-13-16-19-22-25-28-31-34-36-37-38-39-40-41-42-43-44-45-47-50-51-54-57-60-63-66-69-72-75-87(92)99-78-84(90)79-101-106(95,96)102-80-85(91)81-103-107(97,98)104-83-86(105-89(94)77-74-71-68-65-62-59-56-53-48-33-30-27-24-21-18-15-12-9-6-3)82-100-88(93)76-73-70-67-64-61-58-55-52-49-46-35-32-29-26-23-20-17-14-11-8-5-2/h7-12,16-21,25-30,34-36,38-39,41-42,46,48,52-53,55,61,64,84-86,90-91H,4-6,13-15,22-24,31-33,37,40,43-45,47,49-51,54,56-60,62-63,65-83H2,1-3H3,(H,95,96)(H,97,98)/b10-7-,11-8-,12-9-,19-16-,20-17-,21-18-,28-25-,29-26-,30-27-,36-34-,39-38-,42-41-,46-35-,53-48-,55-52-,64-61-. The third-order valence-corrected chi connectivity index (χ3v) is 18.2. The van der Waals surface area contributed by atoms with E-state index in [9.17, 15) is 43.5 Å². The highest BCUT2D eigenvalue weighted by atomic mass is 31.2. The van der Waals surface area contributed by atoms with Gasteiger partial charge in [-0.15, -0.1) is 0 Å². The van der Waals surface area contributed by atoms with Gasteiger partial charge in [-0.3, -0.25) is 32.5 Å². The number of allylic oxidation sites excluding steroid dienone is 32. The van der Waals surface area contributed by atoms with Gasteiger partial charge in [-0.1, -0.05) is 305 Å². The molecule has 0 heterocycles. The number of carbonyl (C=O) groups is 3. The van der Waals surface area contributed by atoms with E-state index in [-0.39, 0.29) is 19.3 Å². The molecule has 16 nitrogen and oxygen atoms in total. The van der Waals surface area contributed by atoms with Gasteiger partial charge in [0.15, 0.2) is 6.10 Å². The summed E-state index contributed by atoms with van der Waals surface area (Å²) in [7, 11) is -9.83. The van der Waals surface area contributed by atoms with Crippen molar-refractivity contribution in [1.29, 1.82) is 0 Å². The minimum absolute atomic E-state index is 0.0710. The molecule has 18 heteroatoms. The lowest BCUT2D eigenvalue weighted by Crippen LogP contribution is -2.30. The van der Waals surface area contributed by atoms with Crippen LogP contribution in [0.2, 0.25) is 0 Å². The molecule has 0 aromatic heterocycles. The number of phosphoric acid groups is 2. The molecule has 0 aliphatic rings. The van der Waals surface area contributed by atoms with E-state index >= 15 is 0 Å². The molecule has 0 fully saturated rings. The largest absolute Gasteiger partial charge is 0.472 e. The van der Waals surface area contributed by atoms with Crippen LogP contribution in [0, 0.1) is 0 Å². The van der Waals surface area contributed by atoms with E-state index in [0.29, 0.717) is 19.3 Å². The van der Waals surface area contributed by atoms with Gasteiger partial charge in [-0.2, -0.15) is 0 Å². The van der Waals surface area contributed by atoms with Crippen molar-refractivity contribution in [3.05, 3.63) is 194 Å². The van der Waals surface area contributed by atoms with Crippen LogP contribution < -0.4 is 0 Å². The first kappa shape index (κ1) is 101. The number of aliphatic hydroxyl groups is 2. The number of rotatable bonds is 75. The van der Waals surface area contributed by atoms with E-state index in [2.05, 4.69) is 215 Å². The Kier molecular flexibility index (Phi) is 75.7. The molecule has 4 N–H and O–H groups in total. The molecule has 5 unspecified atom stereocenters. The quantitative estimate of drug-likeness (QED) is 0.0146. The third kappa shape index (κ3) is 81.2. The Balaban J connectivity index is 4.63. The van der Waals surface area contributed by atoms with Crippen LogP contribution in [0.5, 0.6) is 0 Å². The van der Waals surface area contributed by atoms with Crippen LogP contribution in [0.25, 0.3) is 0 Å². The second-order valence-electron chi connectivity index (χ2n) is 26.4. The lowest BCUT2D eigenvalue weighted by atomic mass is 10.0. The molecular formula is C89H144O16P2. The highest BCUT2D eigenvalue weighted by molar-refractivity contribution is 7.47.